The number of ether oxygens (including phenoxy) is 1. The van der Waals surface area contributed by atoms with Crippen molar-refractivity contribution < 1.29 is 23.1 Å². The topological polar surface area (TPSA) is 68.3 Å². The fraction of sp³-hybridized carbons (Fsp3) is 0.136. The van der Waals surface area contributed by atoms with Gasteiger partial charge < -0.3 is 10.1 Å². The zero-order chi connectivity index (χ0) is 21.7. The largest absolute Gasteiger partial charge is 0.468 e. The fourth-order valence-corrected chi connectivity index (χ4v) is 3.06. The van der Waals surface area contributed by atoms with Crippen molar-refractivity contribution in [3.05, 3.63) is 94.3 Å². The van der Waals surface area contributed by atoms with Crippen LogP contribution in [0, 0.1) is 11.6 Å². The minimum absolute atomic E-state index is 0.165. The van der Waals surface area contributed by atoms with Gasteiger partial charge in [0.1, 0.15) is 22.7 Å². The van der Waals surface area contributed by atoms with Crippen LogP contribution in [0.1, 0.15) is 27.4 Å². The lowest BCUT2D eigenvalue weighted by molar-refractivity contribution is -0.141. The van der Waals surface area contributed by atoms with Gasteiger partial charge in [-0.15, -0.1) is 0 Å². The summed E-state index contributed by atoms with van der Waals surface area (Å²) in [7, 11) is 1.10. The van der Waals surface area contributed by atoms with Crippen LogP contribution in [0.25, 0.3) is 0 Å². The summed E-state index contributed by atoms with van der Waals surface area (Å²) in [6.07, 6.45) is 1.59. The van der Waals surface area contributed by atoms with Gasteiger partial charge in [-0.2, -0.15) is 0 Å². The molecule has 1 N–H and O–H groups in total. The molecule has 0 amide bonds. The van der Waals surface area contributed by atoms with Crippen LogP contribution in [-0.4, -0.2) is 23.8 Å². The van der Waals surface area contributed by atoms with Gasteiger partial charge >= 0.3 is 5.97 Å². The number of hydrogen-bond donors (Lipinski definition) is 1. The number of hydrogen-bond acceptors (Lipinski definition) is 5. The molecule has 0 aliphatic carbocycles. The maximum Gasteiger partial charge on any atom is 0.321 e. The highest BCUT2D eigenvalue weighted by Crippen LogP contribution is 2.29. The minimum atomic E-state index is -1.57. The Bertz CT molecular complexity index is 1070. The molecule has 8 heteroatoms. The van der Waals surface area contributed by atoms with Crippen molar-refractivity contribution >= 4 is 29.0 Å². The summed E-state index contributed by atoms with van der Waals surface area (Å²) in [6.45, 7) is 0.336. The first-order valence-corrected chi connectivity index (χ1v) is 9.29. The van der Waals surface area contributed by atoms with E-state index in [-0.39, 0.29) is 11.1 Å². The lowest BCUT2D eigenvalue weighted by atomic mass is 9.89. The van der Waals surface area contributed by atoms with Gasteiger partial charge in [-0.3, -0.25) is 9.59 Å². The first-order chi connectivity index (χ1) is 14.4. The normalized spacial score (nSPS) is 11.6. The summed E-state index contributed by atoms with van der Waals surface area (Å²) in [5.74, 6) is -5.01. The monoisotopic (exact) mass is 430 g/mol. The van der Waals surface area contributed by atoms with Crippen molar-refractivity contribution in [2.24, 2.45) is 0 Å². The summed E-state index contributed by atoms with van der Waals surface area (Å²) in [6, 6.07) is 12.6. The molecule has 0 spiro atoms. The molecular formula is C22H17ClF2N2O3. The quantitative estimate of drug-likeness (QED) is 0.253. The van der Waals surface area contributed by atoms with Gasteiger partial charge in [0.05, 0.1) is 7.11 Å². The average molecular weight is 431 g/mol. The SMILES string of the molecule is COC(=O)C(C(=O)c1ccccc1NCc1ccc(Cl)nc1)c1ccc(F)cc1F. The van der Waals surface area contributed by atoms with E-state index in [1.807, 2.05) is 0 Å². The Hall–Kier alpha value is -3.32. The maximum absolute atomic E-state index is 14.3. The van der Waals surface area contributed by atoms with E-state index in [9.17, 15) is 18.4 Å². The van der Waals surface area contributed by atoms with Crippen molar-refractivity contribution in [1.29, 1.82) is 0 Å². The number of halogens is 3. The number of rotatable bonds is 7. The predicted molar refractivity (Wildman–Crippen MR) is 108 cm³/mol. The van der Waals surface area contributed by atoms with Crippen LogP contribution in [0.5, 0.6) is 0 Å². The van der Waals surface area contributed by atoms with Crippen molar-refractivity contribution in [1.82, 2.24) is 4.98 Å². The highest BCUT2D eigenvalue weighted by Gasteiger charge is 2.34. The van der Waals surface area contributed by atoms with Gasteiger partial charge in [-0.05, 0) is 29.8 Å². The molecule has 1 atom stereocenters. The second kappa shape index (κ2) is 9.45. The van der Waals surface area contributed by atoms with E-state index in [0.717, 1.165) is 24.8 Å². The lowest BCUT2D eigenvalue weighted by Crippen LogP contribution is -2.25. The molecule has 1 heterocycles. The third-order valence-electron chi connectivity index (χ3n) is 4.44. The van der Waals surface area contributed by atoms with E-state index < -0.39 is 29.3 Å². The van der Waals surface area contributed by atoms with Crippen LogP contribution in [0.2, 0.25) is 5.15 Å². The lowest BCUT2D eigenvalue weighted by Gasteiger charge is -2.18. The van der Waals surface area contributed by atoms with Gasteiger partial charge in [0, 0.05) is 35.6 Å². The molecule has 0 saturated heterocycles. The number of para-hydroxylation sites is 1. The van der Waals surface area contributed by atoms with Crippen molar-refractivity contribution in [2.45, 2.75) is 12.5 Å². The number of aromatic nitrogens is 1. The average Bonchev–Trinajstić information content (AvgIpc) is 2.75. The minimum Gasteiger partial charge on any atom is -0.468 e. The Morgan fingerprint density at radius 3 is 2.57 bits per heavy atom. The number of pyridine rings is 1. The number of nitrogens with zero attached hydrogens (tertiary/aromatic N) is 1. The molecule has 0 radical (unpaired) electrons. The van der Waals surface area contributed by atoms with E-state index in [4.69, 9.17) is 16.3 Å². The fourth-order valence-electron chi connectivity index (χ4n) is 2.94. The van der Waals surface area contributed by atoms with E-state index in [0.29, 0.717) is 23.5 Å². The Balaban J connectivity index is 1.93. The number of carbonyl (C=O) groups is 2. The van der Waals surface area contributed by atoms with Gasteiger partial charge in [0.2, 0.25) is 0 Å². The van der Waals surface area contributed by atoms with E-state index in [2.05, 4.69) is 10.3 Å². The smallest absolute Gasteiger partial charge is 0.321 e. The molecule has 3 aromatic rings. The maximum atomic E-state index is 14.3. The second-order valence-electron chi connectivity index (χ2n) is 6.37. The molecule has 5 nitrogen and oxygen atoms in total. The predicted octanol–water partition coefficient (Wildman–Crippen LogP) is 4.76. The Morgan fingerprint density at radius 2 is 1.90 bits per heavy atom. The number of benzene rings is 2. The molecule has 2 aromatic carbocycles. The first-order valence-electron chi connectivity index (χ1n) is 8.91. The van der Waals surface area contributed by atoms with E-state index >= 15 is 0 Å². The molecule has 1 aromatic heterocycles. The summed E-state index contributed by atoms with van der Waals surface area (Å²) in [5.41, 5.74) is 1.16. The molecule has 30 heavy (non-hydrogen) atoms. The number of esters is 1. The molecule has 0 bridgehead atoms. The Kier molecular flexibility index (Phi) is 6.74. The zero-order valence-electron chi connectivity index (χ0n) is 15.9. The van der Waals surface area contributed by atoms with Crippen molar-refractivity contribution in [2.75, 3.05) is 12.4 Å². The molecule has 0 saturated carbocycles. The van der Waals surface area contributed by atoms with Crippen LogP contribution >= 0.6 is 11.6 Å². The van der Waals surface area contributed by atoms with Gasteiger partial charge in [-0.1, -0.05) is 35.9 Å². The molecule has 0 aliphatic heterocycles. The third-order valence-corrected chi connectivity index (χ3v) is 4.66. The zero-order valence-corrected chi connectivity index (χ0v) is 16.6. The summed E-state index contributed by atoms with van der Waals surface area (Å²) in [4.78, 5) is 29.6. The van der Waals surface area contributed by atoms with E-state index in [1.165, 1.54) is 6.07 Å². The summed E-state index contributed by atoms with van der Waals surface area (Å²) < 4.78 is 32.4. The third kappa shape index (κ3) is 4.80. The van der Waals surface area contributed by atoms with Gasteiger partial charge in [0.25, 0.3) is 0 Å². The molecule has 1 unspecified atom stereocenters. The highest BCUT2D eigenvalue weighted by molar-refractivity contribution is 6.29. The summed E-state index contributed by atoms with van der Waals surface area (Å²) >= 11 is 5.78. The molecule has 0 aliphatic rings. The van der Waals surface area contributed by atoms with Crippen LogP contribution in [0.4, 0.5) is 14.5 Å². The highest BCUT2D eigenvalue weighted by atomic mass is 35.5. The van der Waals surface area contributed by atoms with Gasteiger partial charge in [0.15, 0.2) is 5.78 Å². The molecule has 3 rings (SSSR count). The number of nitrogens with one attached hydrogen (secondary N) is 1. The van der Waals surface area contributed by atoms with Gasteiger partial charge in [-0.25, -0.2) is 13.8 Å². The standard InChI is InChI=1S/C22H17ClF2N2O3/c1-30-22(29)20(15-8-7-14(24)10-17(15)25)21(28)16-4-2-3-5-18(16)26-11-13-6-9-19(23)27-12-13/h2-10,12,20,26H,11H2,1H3. The van der Waals surface area contributed by atoms with Crippen LogP contribution < -0.4 is 5.32 Å². The Morgan fingerprint density at radius 1 is 1.13 bits per heavy atom. The molecule has 0 fully saturated rings. The second-order valence-corrected chi connectivity index (χ2v) is 6.76. The van der Waals surface area contributed by atoms with Crippen LogP contribution in [-0.2, 0) is 16.1 Å². The van der Waals surface area contributed by atoms with Crippen molar-refractivity contribution in [3.8, 4) is 0 Å². The van der Waals surface area contributed by atoms with Crippen LogP contribution in [0.3, 0.4) is 0 Å². The molecular weight excluding hydrogens is 414 g/mol. The number of carbonyl (C=O) groups excluding carboxylic acids is 2. The number of ketones is 1. The molecule has 154 valence electrons. The summed E-state index contributed by atoms with van der Waals surface area (Å²) in [5, 5.41) is 3.47. The number of anilines is 1. The number of Topliss-reactive ketones (excluding diaryl/α,β-unsaturated/α-hetero) is 1. The van der Waals surface area contributed by atoms with Crippen LogP contribution in [0.15, 0.2) is 60.8 Å². The number of methoxy groups -OCH3 is 1. The van der Waals surface area contributed by atoms with Crippen molar-refractivity contribution in [3.63, 3.8) is 0 Å². The first kappa shape index (κ1) is 21.4. The Labute approximate surface area is 176 Å². The van der Waals surface area contributed by atoms with E-state index in [1.54, 1.807) is 36.5 Å².